The largest absolute Gasteiger partial charge is 0.480 e. The first kappa shape index (κ1) is 18.8. The Morgan fingerprint density at radius 2 is 1.80 bits per heavy atom. The maximum absolute atomic E-state index is 11.6. The number of hydrogen-bond donors (Lipinski definition) is 2. The second-order valence-corrected chi connectivity index (χ2v) is 7.17. The fourth-order valence-electron chi connectivity index (χ4n) is 1.23. The fraction of sp³-hybridized carbons (Fsp3) is 0.769. The number of carbonyl (C=O) groups excluding carboxylic acids is 2. The van der Waals surface area contributed by atoms with Crippen LogP contribution in [0, 0.1) is 0 Å². The summed E-state index contributed by atoms with van der Waals surface area (Å²) in [6.07, 6.45) is -0.384. The Hall–Kier alpha value is -1.24. The summed E-state index contributed by atoms with van der Waals surface area (Å²) in [6, 6.07) is -1.26. The summed E-state index contributed by atoms with van der Waals surface area (Å²) in [5.41, 5.74) is -0.683. The summed E-state index contributed by atoms with van der Waals surface area (Å²) in [5, 5.41) is 11.6. The molecule has 0 aliphatic rings. The average Bonchev–Trinajstić information content (AvgIpc) is 2.22. The number of thioether (sulfide) groups is 1. The predicted molar refractivity (Wildman–Crippen MR) is 77.6 cm³/mol. The van der Waals surface area contributed by atoms with Gasteiger partial charge in [-0.15, -0.1) is 11.8 Å². The zero-order chi connectivity index (χ0) is 15.9. The summed E-state index contributed by atoms with van der Waals surface area (Å²) >= 11 is 1.40. The van der Waals surface area contributed by atoms with E-state index in [2.05, 4.69) is 5.32 Å². The SMILES string of the molecule is CC(C)SCC(=O)N[C@@H](CC(=O)OC(C)(C)C)C(=O)O. The van der Waals surface area contributed by atoms with Gasteiger partial charge in [0.25, 0.3) is 0 Å². The van der Waals surface area contributed by atoms with Crippen molar-refractivity contribution in [3.8, 4) is 0 Å². The van der Waals surface area contributed by atoms with Crippen LogP contribution in [0.3, 0.4) is 0 Å². The van der Waals surface area contributed by atoms with E-state index in [1.54, 1.807) is 20.8 Å². The fourth-order valence-corrected chi connectivity index (χ4v) is 1.80. The Morgan fingerprint density at radius 3 is 2.20 bits per heavy atom. The lowest BCUT2D eigenvalue weighted by molar-refractivity contribution is -0.158. The minimum Gasteiger partial charge on any atom is -0.480 e. The van der Waals surface area contributed by atoms with Crippen molar-refractivity contribution in [3.63, 3.8) is 0 Å². The molecule has 7 heteroatoms. The topological polar surface area (TPSA) is 92.7 Å². The molecule has 1 amide bonds. The van der Waals surface area contributed by atoms with Crippen molar-refractivity contribution in [3.05, 3.63) is 0 Å². The highest BCUT2D eigenvalue weighted by molar-refractivity contribution is 8.00. The molecule has 0 aromatic carbocycles. The molecular formula is C13H23NO5S. The van der Waals surface area contributed by atoms with Gasteiger partial charge in [-0.1, -0.05) is 13.8 Å². The van der Waals surface area contributed by atoms with Crippen LogP contribution in [0.25, 0.3) is 0 Å². The van der Waals surface area contributed by atoms with E-state index in [1.165, 1.54) is 11.8 Å². The van der Waals surface area contributed by atoms with Gasteiger partial charge in [-0.3, -0.25) is 9.59 Å². The highest BCUT2D eigenvalue weighted by atomic mass is 32.2. The summed E-state index contributed by atoms with van der Waals surface area (Å²) in [5.74, 6) is -2.14. The lowest BCUT2D eigenvalue weighted by atomic mass is 10.1. The van der Waals surface area contributed by atoms with Crippen molar-refractivity contribution in [1.29, 1.82) is 0 Å². The van der Waals surface area contributed by atoms with Gasteiger partial charge < -0.3 is 15.2 Å². The summed E-state index contributed by atoms with van der Waals surface area (Å²) in [4.78, 5) is 34.2. The van der Waals surface area contributed by atoms with Crippen LogP contribution in [-0.4, -0.2) is 45.6 Å². The van der Waals surface area contributed by atoms with E-state index < -0.39 is 29.5 Å². The number of amides is 1. The molecule has 1 atom stereocenters. The third kappa shape index (κ3) is 9.66. The van der Waals surface area contributed by atoms with Crippen molar-refractivity contribution in [2.24, 2.45) is 0 Å². The molecule has 0 aromatic heterocycles. The monoisotopic (exact) mass is 305 g/mol. The van der Waals surface area contributed by atoms with E-state index in [-0.39, 0.29) is 17.4 Å². The maximum Gasteiger partial charge on any atom is 0.326 e. The van der Waals surface area contributed by atoms with Gasteiger partial charge in [-0.05, 0) is 26.0 Å². The lowest BCUT2D eigenvalue weighted by Crippen LogP contribution is -2.44. The number of carbonyl (C=O) groups is 3. The Morgan fingerprint density at radius 1 is 1.25 bits per heavy atom. The molecule has 0 fully saturated rings. The Kier molecular flexibility index (Phi) is 7.63. The molecule has 0 spiro atoms. The number of ether oxygens (including phenoxy) is 1. The molecule has 0 rings (SSSR count). The van der Waals surface area contributed by atoms with E-state index >= 15 is 0 Å². The Balaban J connectivity index is 4.41. The first-order valence-corrected chi connectivity index (χ1v) is 7.41. The third-order valence-electron chi connectivity index (χ3n) is 1.97. The molecule has 0 radical (unpaired) electrons. The van der Waals surface area contributed by atoms with Gasteiger partial charge in [0.2, 0.25) is 5.91 Å². The van der Waals surface area contributed by atoms with Gasteiger partial charge in [0.1, 0.15) is 11.6 Å². The number of hydrogen-bond acceptors (Lipinski definition) is 5. The highest BCUT2D eigenvalue weighted by Gasteiger charge is 2.26. The average molecular weight is 305 g/mol. The van der Waals surface area contributed by atoms with Crippen LogP contribution in [0.1, 0.15) is 41.0 Å². The first-order valence-electron chi connectivity index (χ1n) is 6.37. The van der Waals surface area contributed by atoms with Gasteiger partial charge >= 0.3 is 11.9 Å². The Bertz CT molecular complexity index is 362. The number of esters is 1. The highest BCUT2D eigenvalue weighted by Crippen LogP contribution is 2.11. The van der Waals surface area contributed by atoms with Crippen LogP contribution in [0.4, 0.5) is 0 Å². The molecule has 0 heterocycles. The van der Waals surface area contributed by atoms with Crippen LogP contribution >= 0.6 is 11.8 Å². The van der Waals surface area contributed by atoms with Crippen molar-refractivity contribution < 1.29 is 24.2 Å². The van der Waals surface area contributed by atoms with Gasteiger partial charge in [-0.25, -0.2) is 4.79 Å². The van der Waals surface area contributed by atoms with Crippen molar-refractivity contribution in [2.75, 3.05) is 5.75 Å². The molecule has 0 bridgehead atoms. The molecule has 6 nitrogen and oxygen atoms in total. The third-order valence-corrected chi connectivity index (χ3v) is 3.07. The molecule has 116 valence electrons. The number of carboxylic acid groups (broad SMARTS) is 1. The second kappa shape index (κ2) is 8.14. The van der Waals surface area contributed by atoms with E-state index in [0.29, 0.717) is 0 Å². The molecule has 2 N–H and O–H groups in total. The predicted octanol–water partition coefficient (Wildman–Crippen LogP) is 1.43. The minimum atomic E-state index is -1.26. The van der Waals surface area contributed by atoms with Crippen LogP contribution in [-0.2, 0) is 19.1 Å². The van der Waals surface area contributed by atoms with E-state index in [0.717, 1.165) is 0 Å². The van der Waals surface area contributed by atoms with Gasteiger partial charge in [-0.2, -0.15) is 0 Å². The van der Waals surface area contributed by atoms with E-state index in [4.69, 9.17) is 9.84 Å². The molecule has 0 saturated heterocycles. The molecule has 0 saturated carbocycles. The van der Waals surface area contributed by atoms with Crippen LogP contribution in [0.5, 0.6) is 0 Å². The number of aliphatic carboxylic acids is 1. The van der Waals surface area contributed by atoms with E-state index in [1.807, 2.05) is 13.8 Å². The van der Waals surface area contributed by atoms with Gasteiger partial charge in [0.05, 0.1) is 12.2 Å². The smallest absolute Gasteiger partial charge is 0.326 e. The second-order valence-electron chi connectivity index (χ2n) is 5.61. The van der Waals surface area contributed by atoms with Crippen LogP contribution in [0.2, 0.25) is 0 Å². The van der Waals surface area contributed by atoms with Crippen molar-refractivity contribution >= 4 is 29.6 Å². The van der Waals surface area contributed by atoms with Crippen molar-refractivity contribution in [1.82, 2.24) is 5.32 Å². The molecule has 0 unspecified atom stereocenters. The zero-order valence-corrected chi connectivity index (χ0v) is 13.4. The molecular weight excluding hydrogens is 282 g/mol. The van der Waals surface area contributed by atoms with Gasteiger partial charge in [0, 0.05) is 0 Å². The number of nitrogens with one attached hydrogen (secondary N) is 1. The molecule has 0 aliphatic heterocycles. The maximum atomic E-state index is 11.6. The summed E-state index contributed by atoms with van der Waals surface area (Å²) in [7, 11) is 0. The minimum absolute atomic E-state index is 0.162. The normalized spacial score (nSPS) is 12.9. The lowest BCUT2D eigenvalue weighted by Gasteiger charge is -2.21. The molecule has 0 aliphatic carbocycles. The zero-order valence-electron chi connectivity index (χ0n) is 12.6. The standard InChI is InChI=1S/C13H23NO5S/c1-8(2)20-7-10(15)14-9(12(17)18)6-11(16)19-13(3,4)5/h8-9H,6-7H2,1-5H3,(H,14,15)(H,17,18)/t9-/m0/s1. The molecule has 20 heavy (non-hydrogen) atoms. The number of rotatable bonds is 7. The van der Waals surface area contributed by atoms with Gasteiger partial charge in [0.15, 0.2) is 0 Å². The summed E-state index contributed by atoms with van der Waals surface area (Å²) < 4.78 is 5.04. The first-order chi connectivity index (χ1) is 9.01. The van der Waals surface area contributed by atoms with Crippen LogP contribution in [0.15, 0.2) is 0 Å². The number of carboxylic acids is 1. The summed E-state index contributed by atoms with van der Waals surface area (Å²) in [6.45, 7) is 8.95. The van der Waals surface area contributed by atoms with E-state index in [9.17, 15) is 14.4 Å². The van der Waals surface area contributed by atoms with Crippen molar-refractivity contribution in [2.45, 2.75) is 57.9 Å². The van der Waals surface area contributed by atoms with Crippen LogP contribution < -0.4 is 5.32 Å². The quantitative estimate of drug-likeness (QED) is 0.691. The molecule has 0 aromatic rings. The Labute approximate surface area is 123 Å².